The molecule has 0 aliphatic heterocycles. The minimum absolute atomic E-state index is 0.135. The molecule has 0 bridgehead atoms. The van der Waals surface area contributed by atoms with Crippen LogP contribution >= 0.6 is 23.4 Å². The van der Waals surface area contributed by atoms with Gasteiger partial charge in [-0.1, -0.05) is 35.5 Å². The van der Waals surface area contributed by atoms with Gasteiger partial charge in [0.1, 0.15) is 5.75 Å². The molecular formula is C21H21ClN6O2S. The molecule has 0 saturated carbocycles. The molecule has 3 rings (SSSR count). The summed E-state index contributed by atoms with van der Waals surface area (Å²) in [5.41, 5.74) is 2.58. The van der Waals surface area contributed by atoms with Crippen molar-refractivity contribution < 1.29 is 9.53 Å². The van der Waals surface area contributed by atoms with Gasteiger partial charge in [0.05, 0.1) is 31.9 Å². The normalized spacial score (nSPS) is 10.5. The highest BCUT2D eigenvalue weighted by Gasteiger charge is 2.18. The number of hydrogen-bond donors (Lipinski definition) is 0. The number of carbonyl (C=O) groups excluding carboxylic acids is 1. The lowest BCUT2D eigenvalue weighted by molar-refractivity contribution is -0.116. The molecule has 160 valence electrons. The Hall–Kier alpha value is -3.09. The van der Waals surface area contributed by atoms with Gasteiger partial charge >= 0.3 is 0 Å². The molecule has 8 nitrogen and oxygen atoms in total. The first kappa shape index (κ1) is 22.6. The zero-order valence-electron chi connectivity index (χ0n) is 17.2. The maximum absolute atomic E-state index is 13.0. The number of amides is 1. The third-order valence-corrected chi connectivity index (χ3v) is 5.88. The van der Waals surface area contributed by atoms with Gasteiger partial charge in [-0.05, 0) is 58.8 Å². The number of rotatable bonds is 9. The molecule has 31 heavy (non-hydrogen) atoms. The Bertz CT molecular complexity index is 1080. The smallest absolute Gasteiger partial charge is 0.237 e. The number of ether oxygens (including phenoxy) is 1. The first-order valence-electron chi connectivity index (χ1n) is 9.47. The quantitative estimate of drug-likeness (QED) is 0.452. The number of thioether (sulfide) groups is 1. The second-order valence-corrected chi connectivity index (χ2v) is 7.99. The van der Waals surface area contributed by atoms with Crippen LogP contribution < -0.4 is 9.64 Å². The number of tetrazole rings is 1. The maximum atomic E-state index is 13.0. The van der Waals surface area contributed by atoms with Crippen molar-refractivity contribution in [2.75, 3.05) is 24.3 Å². The Kier molecular flexibility index (Phi) is 7.87. The summed E-state index contributed by atoms with van der Waals surface area (Å²) in [4.78, 5) is 14.5. The van der Waals surface area contributed by atoms with Crippen LogP contribution in [0.5, 0.6) is 5.75 Å². The van der Waals surface area contributed by atoms with E-state index in [1.165, 1.54) is 11.8 Å². The van der Waals surface area contributed by atoms with E-state index < -0.39 is 0 Å². The van der Waals surface area contributed by atoms with Gasteiger partial charge in [0.2, 0.25) is 11.1 Å². The molecule has 0 aliphatic rings. The summed E-state index contributed by atoms with van der Waals surface area (Å²) in [6, 6.07) is 15.1. The van der Waals surface area contributed by atoms with E-state index in [1.54, 1.807) is 28.8 Å². The van der Waals surface area contributed by atoms with Crippen LogP contribution in [0.1, 0.15) is 17.5 Å². The molecule has 1 aromatic heterocycles. The van der Waals surface area contributed by atoms with Crippen LogP contribution in [0.25, 0.3) is 0 Å². The van der Waals surface area contributed by atoms with Gasteiger partial charge < -0.3 is 9.64 Å². The average molecular weight is 457 g/mol. The van der Waals surface area contributed by atoms with E-state index in [2.05, 4.69) is 21.6 Å². The second-order valence-electron chi connectivity index (χ2n) is 6.64. The molecule has 0 atom stereocenters. The Balaban J connectivity index is 1.68. The van der Waals surface area contributed by atoms with Gasteiger partial charge in [0.15, 0.2) is 0 Å². The minimum atomic E-state index is -0.138. The van der Waals surface area contributed by atoms with Crippen molar-refractivity contribution in [2.24, 2.45) is 0 Å². The van der Waals surface area contributed by atoms with Gasteiger partial charge in [0.25, 0.3) is 0 Å². The summed E-state index contributed by atoms with van der Waals surface area (Å²) < 4.78 is 6.82. The molecule has 0 N–H and O–H groups in total. The van der Waals surface area contributed by atoms with E-state index in [1.807, 2.05) is 37.3 Å². The standard InChI is InChI=1S/C21H21ClN6O2S/c1-15-12-17(6-9-19(15)22)27(11-3-10-23)20(29)14-31-21-24-25-26-28(21)13-16-4-7-18(30-2)8-5-16/h4-9,12H,3,11,13-14H2,1-2H3. The molecule has 0 unspecified atom stereocenters. The Morgan fingerprint density at radius 2 is 2.06 bits per heavy atom. The Morgan fingerprint density at radius 1 is 1.29 bits per heavy atom. The Labute approximate surface area is 189 Å². The largest absolute Gasteiger partial charge is 0.497 e. The Morgan fingerprint density at radius 3 is 2.74 bits per heavy atom. The summed E-state index contributed by atoms with van der Waals surface area (Å²) >= 11 is 7.36. The molecular weight excluding hydrogens is 436 g/mol. The lowest BCUT2D eigenvalue weighted by Crippen LogP contribution is -2.33. The SMILES string of the molecule is COc1ccc(Cn2nnnc2SCC(=O)N(CCC#N)c2ccc(Cl)c(C)c2)cc1. The summed E-state index contributed by atoms with van der Waals surface area (Å²) in [5.74, 6) is 0.771. The van der Waals surface area contributed by atoms with Crippen molar-refractivity contribution in [1.82, 2.24) is 20.2 Å². The van der Waals surface area contributed by atoms with Crippen molar-refractivity contribution >= 4 is 35.0 Å². The van der Waals surface area contributed by atoms with Crippen LogP contribution in [0.2, 0.25) is 5.02 Å². The third-order valence-electron chi connectivity index (χ3n) is 4.52. The molecule has 0 spiro atoms. The monoisotopic (exact) mass is 456 g/mol. The number of benzene rings is 2. The number of methoxy groups -OCH3 is 1. The summed E-state index contributed by atoms with van der Waals surface area (Å²) in [5, 5.41) is 22.0. The highest BCUT2D eigenvalue weighted by molar-refractivity contribution is 7.99. The molecule has 1 amide bonds. The van der Waals surface area contributed by atoms with E-state index >= 15 is 0 Å². The molecule has 0 saturated heterocycles. The molecule has 10 heteroatoms. The number of aromatic nitrogens is 4. The van der Waals surface area contributed by atoms with Crippen molar-refractivity contribution in [3.05, 3.63) is 58.6 Å². The lowest BCUT2D eigenvalue weighted by atomic mass is 10.2. The third kappa shape index (κ3) is 5.96. The van der Waals surface area contributed by atoms with Crippen LogP contribution in [0, 0.1) is 18.3 Å². The highest BCUT2D eigenvalue weighted by Crippen LogP contribution is 2.24. The van der Waals surface area contributed by atoms with Crippen molar-refractivity contribution in [3.63, 3.8) is 0 Å². The van der Waals surface area contributed by atoms with Crippen molar-refractivity contribution in [2.45, 2.75) is 25.0 Å². The van der Waals surface area contributed by atoms with Gasteiger partial charge in [-0.3, -0.25) is 4.79 Å². The number of hydrogen-bond acceptors (Lipinski definition) is 7. The topological polar surface area (TPSA) is 96.9 Å². The zero-order valence-corrected chi connectivity index (χ0v) is 18.7. The van der Waals surface area contributed by atoms with Gasteiger partial charge in [-0.2, -0.15) is 5.26 Å². The summed E-state index contributed by atoms with van der Waals surface area (Å²) in [6.07, 6.45) is 0.229. The highest BCUT2D eigenvalue weighted by atomic mass is 35.5. The number of carbonyl (C=O) groups is 1. The average Bonchev–Trinajstić information content (AvgIpc) is 3.22. The van der Waals surface area contributed by atoms with Crippen LogP contribution in [0.3, 0.4) is 0 Å². The summed E-state index contributed by atoms with van der Waals surface area (Å²) in [7, 11) is 1.62. The number of anilines is 1. The molecule has 2 aromatic carbocycles. The number of aryl methyl sites for hydroxylation is 1. The predicted molar refractivity (Wildman–Crippen MR) is 119 cm³/mol. The molecule has 0 aliphatic carbocycles. The van der Waals surface area contributed by atoms with E-state index in [0.29, 0.717) is 29.0 Å². The second kappa shape index (κ2) is 10.8. The van der Waals surface area contributed by atoms with E-state index in [0.717, 1.165) is 16.9 Å². The van der Waals surface area contributed by atoms with Crippen LogP contribution in [0.4, 0.5) is 5.69 Å². The fraction of sp³-hybridized carbons (Fsp3) is 0.286. The molecule has 1 heterocycles. The van der Waals surface area contributed by atoms with E-state index in [4.69, 9.17) is 21.6 Å². The number of nitrogens with zero attached hydrogens (tertiary/aromatic N) is 6. The summed E-state index contributed by atoms with van der Waals surface area (Å²) in [6.45, 7) is 2.65. The maximum Gasteiger partial charge on any atom is 0.237 e. The van der Waals surface area contributed by atoms with Gasteiger partial charge in [-0.15, -0.1) is 5.10 Å². The first-order chi connectivity index (χ1) is 15.0. The molecule has 0 radical (unpaired) electrons. The van der Waals surface area contributed by atoms with Crippen molar-refractivity contribution in [1.29, 1.82) is 5.26 Å². The van der Waals surface area contributed by atoms with Gasteiger partial charge in [-0.25, -0.2) is 4.68 Å². The predicted octanol–water partition coefficient (Wildman–Crippen LogP) is 3.73. The number of nitriles is 1. The zero-order chi connectivity index (χ0) is 22.2. The van der Waals surface area contributed by atoms with Crippen LogP contribution in [-0.4, -0.2) is 45.5 Å². The lowest BCUT2D eigenvalue weighted by Gasteiger charge is -2.22. The molecule has 3 aromatic rings. The van der Waals surface area contributed by atoms with E-state index in [9.17, 15) is 4.79 Å². The van der Waals surface area contributed by atoms with E-state index in [-0.39, 0.29) is 18.1 Å². The van der Waals surface area contributed by atoms with Crippen LogP contribution in [-0.2, 0) is 11.3 Å². The minimum Gasteiger partial charge on any atom is -0.497 e. The first-order valence-corrected chi connectivity index (χ1v) is 10.8. The van der Waals surface area contributed by atoms with Crippen molar-refractivity contribution in [3.8, 4) is 11.8 Å². The van der Waals surface area contributed by atoms with Crippen LogP contribution in [0.15, 0.2) is 47.6 Å². The van der Waals surface area contributed by atoms with Gasteiger partial charge in [0, 0.05) is 17.3 Å². The molecule has 0 fully saturated rings. The fourth-order valence-electron chi connectivity index (χ4n) is 2.86. The number of halogens is 1. The fourth-order valence-corrected chi connectivity index (χ4v) is 3.73.